The second kappa shape index (κ2) is 9.17. The van der Waals surface area contributed by atoms with E-state index in [9.17, 15) is 25.2 Å². The summed E-state index contributed by atoms with van der Waals surface area (Å²) < 4.78 is 0. The number of rotatable bonds is 7. The summed E-state index contributed by atoms with van der Waals surface area (Å²) in [5.74, 6) is -0.417. The number of amides is 1. The van der Waals surface area contributed by atoms with E-state index in [-0.39, 0.29) is 11.7 Å². The van der Waals surface area contributed by atoms with Crippen molar-refractivity contribution < 1.29 is 30.3 Å². The number of carbonyl (C=O) groups is 1. The molecule has 1 aliphatic rings. The maximum Gasteiger partial charge on any atom is 0.276 e. The lowest BCUT2D eigenvalue weighted by atomic mass is 10.0. The molecule has 0 aliphatic carbocycles. The Morgan fingerprint density at radius 1 is 1.15 bits per heavy atom. The lowest BCUT2D eigenvalue weighted by Gasteiger charge is -2.23. The van der Waals surface area contributed by atoms with Gasteiger partial charge in [0.1, 0.15) is 30.1 Å². The van der Waals surface area contributed by atoms with Gasteiger partial charge in [-0.1, -0.05) is 30.3 Å². The Morgan fingerprint density at radius 3 is 2.50 bits per heavy atom. The number of aliphatic hydroxyl groups excluding tert-OH is 5. The maximum atomic E-state index is 11.8. The van der Waals surface area contributed by atoms with Crippen LogP contribution in [0.5, 0.6) is 0 Å². The van der Waals surface area contributed by atoms with Gasteiger partial charge in [0.25, 0.3) is 5.91 Å². The van der Waals surface area contributed by atoms with Crippen LogP contribution in [0.3, 0.4) is 0 Å². The van der Waals surface area contributed by atoms with Crippen molar-refractivity contribution in [3.05, 3.63) is 41.6 Å². The van der Waals surface area contributed by atoms with Crippen LogP contribution in [0.1, 0.15) is 5.56 Å². The van der Waals surface area contributed by atoms with Crippen LogP contribution in [0.15, 0.2) is 46.1 Å². The van der Waals surface area contributed by atoms with Crippen LogP contribution < -0.4 is 10.7 Å². The topological polar surface area (TPSA) is 167 Å². The minimum atomic E-state index is -1.77. The quantitative estimate of drug-likeness (QED) is 0.160. The third kappa shape index (κ3) is 5.18. The number of aliphatic hydroxyl groups is 5. The summed E-state index contributed by atoms with van der Waals surface area (Å²) in [7, 11) is 0. The van der Waals surface area contributed by atoms with E-state index in [0.717, 1.165) is 11.8 Å². The molecule has 10 heteroatoms. The van der Waals surface area contributed by atoms with E-state index in [0.29, 0.717) is 0 Å². The highest BCUT2D eigenvalue weighted by Crippen LogP contribution is 2.11. The van der Waals surface area contributed by atoms with Crippen molar-refractivity contribution in [3.8, 4) is 0 Å². The Morgan fingerprint density at radius 2 is 1.85 bits per heavy atom. The highest BCUT2D eigenvalue weighted by molar-refractivity contribution is 6.13. The van der Waals surface area contributed by atoms with Crippen LogP contribution in [0.2, 0.25) is 0 Å². The van der Waals surface area contributed by atoms with Gasteiger partial charge in [0, 0.05) is 0 Å². The van der Waals surface area contributed by atoms with Crippen molar-refractivity contribution in [3.63, 3.8) is 0 Å². The summed E-state index contributed by atoms with van der Waals surface area (Å²) in [5.41, 5.74) is 3.33. The first-order valence-electron chi connectivity index (χ1n) is 7.71. The molecule has 0 radical (unpaired) electrons. The summed E-state index contributed by atoms with van der Waals surface area (Å²) >= 11 is 0. The van der Waals surface area contributed by atoms with Gasteiger partial charge in [-0.3, -0.25) is 10.1 Å². The third-order valence-electron chi connectivity index (χ3n) is 3.48. The van der Waals surface area contributed by atoms with E-state index in [4.69, 9.17) is 5.11 Å². The zero-order valence-electron chi connectivity index (χ0n) is 13.6. The number of aliphatic imine (C=N–C) groups is 1. The molecule has 140 valence electrons. The zero-order valence-corrected chi connectivity index (χ0v) is 13.6. The number of nitrogens with zero attached hydrogens (tertiary/aromatic N) is 2. The average molecular weight is 364 g/mol. The van der Waals surface area contributed by atoms with Gasteiger partial charge < -0.3 is 25.5 Å². The summed E-state index contributed by atoms with van der Waals surface area (Å²) in [6, 6.07) is 9.10. The molecule has 4 atom stereocenters. The summed E-state index contributed by atoms with van der Waals surface area (Å²) in [6.45, 7) is -0.778. The van der Waals surface area contributed by atoms with Crippen molar-refractivity contribution in [2.45, 2.75) is 24.4 Å². The van der Waals surface area contributed by atoms with E-state index in [1.807, 2.05) is 30.3 Å². The van der Waals surface area contributed by atoms with Crippen LogP contribution in [-0.4, -0.2) is 74.6 Å². The Bertz CT molecular complexity index is 706. The summed E-state index contributed by atoms with van der Waals surface area (Å²) in [4.78, 5) is 15.8. The largest absolute Gasteiger partial charge is 0.394 e. The van der Waals surface area contributed by atoms with Crippen LogP contribution in [0.25, 0.3) is 6.08 Å². The van der Waals surface area contributed by atoms with Crippen molar-refractivity contribution in [1.29, 1.82) is 0 Å². The fraction of sp³-hybridized carbons (Fsp3) is 0.312. The molecule has 0 saturated carbocycles. The minimum Gasteiger partial charge on any atom is -0.394 e. The number of hydrogen-bond donors (Lipinski definition) is 7. The maximum absolute atomic E-state index is 11.8. The fourth-order valence-corrected chi connectivity index (χ4v) is 2.03. The van der Waals surface area contributed by atoms with Gasteiger partial charge in [-0.05, 0) is 11.6 Å². The second-order valence-electron chi connectivity index (χ2n) is 5.47. The molecule has 26 heavy (non-hydrogen) atoms. The molecule has 0 aromatic heterocycles. The van der Waals surface area contributed by atoms with Gasteiger partial charge in [0.2, 0.25) is 5.96 Å². The predicted molar refractivity (Wildman–Crippen MR) is 92.7 cm³/mol. The molecule has 0 unspecified atom stereocenters. The van der Waals surface area contributed by atoms with Crippen molar-refractivity contribution in [2.24, 2.45) is 10.1 Å². The lowest BCUT2D eigenvalue weighted by Crippen LogP contribution is -2.46. The second-order valence-corrected chi connectivity index (χ2v) is 5.47. The average Bonchev–Trinajstić information content (AvgIpc) is 2.99. The molecule has 0 spiro atoms. The molecule has 1 heterocycles. The molecule has 1 aromatic carbocycles. The molecule has 0 fully saturated rings. The summed E-state index contributed by atoms with van der Waals surface area (Å²) in [6.07, 6.45) is -4.33. The number of hydrazone groups is 1. The molecule has 10 nitrogen and oxygen atoms in total. The molecule has 2 rings (SSSR count). The van der Waals surface area contributed by atoms with Crippen LogP contribution in [0.4, 0.5) is 0 Å². The molecule has 0 bridgehead atoms. The first kappa shape index (κ1) is 19.7. The monoisotopic (exact) mass is 364 g/mol. The number of carbonyl (C=O) groups excluding carboxylic acids is 1. The Kier molecular flexibility index (Phi) is 6.95. The lowest BCUT2D eigenvalue weighted by molar-refractivity contribution is -0.115. The number of benzene rings is 1. The van der Waals surface area contributed by atoms with E-state index in [2.05, 4.69) is 20.8 Å². The number of nitrogens with one attached hydrogen (secondary N) is 2. The molecule has 1 aromatic rings. The van der Waals surface area contributed by atoms with Gasteiger partial charge in [-0.2, -0.15) is 5.10 Å². The van der Waals surface area contributed by atoms with Gasteiger partial charge in [0.15, 0.2) is 0 Å². The Balaban J connectivity index is 1.95. The molecular weight excluding hydrogens is 344 g/mol. The first-order valence-corrected chi connectivity index (χ1v) is 7.71. The molecule has 7 N–H and O–H groups in total. The highest BCUT2D eigenvalue weighted by atomic mass is 16.4. The Hall–Kier alpha value is -2.63. The van der Waals surface area contributed by atoms with Crippen LogP contribution in [0, 0.1) is 0 Å². The van der Waals surface area contributed by atoms with Crippen molar-refractivity contribution in [1.82, 2.24) is 10.7 Å². The SMILES string of the molecule is O=C1NC(N/N=C\[C@H](O)[C@H](O)[C@H](O)[C@H](O)CO)=N/C1=C/c1ccccc1. The van der Waals surface area contributed by atoms with Gasteiger partial charge >= 0.3 is 0 Å². The highest BCUT2D eigenvalue weighted by Gasteiger charge is 2.29. The van der Waals surface area contributed by atoms with Gasteiger partial charge in [-0.15, -0.1) is 0 Å². The van der Waals surface area contributed by atoms with E-state index < -0.39 is 36.9 Å². The minimum absolute atomic E-state index is 0.0195. The third-order valence-corrected chi connectivity index (χ3v) is 3.48. The van der Waals surface area contributed by atoms with Gasteiger partial charge in [0.05, 0.1) is 12.8 Å². The summed E-state index contributed by atoms with van der Waals surface area (Å²) in [5, 5.41) is 52.7. The molecule has 1 aliphatic heterocycles. The molecular formula is C16H20N4O6. The smallest absolute Gasteiger partial charge is 0.276 e. The van der Waals surface area contributed by atoms with E-state index >= 15 is 0 Å². The van der Waals surface area contributed by atoms with E-state index in [1.54, 1.807) is 6.08 Å². The number of guanidine groups is 1. The van der Waals surface area contributed by atoms with E-state index in [1.165, 1.54) is 0 Å². The number of hydrogen-bond acceptors (Lipinski definition) is 9. The normalized spacial score (nSPS) is 20.6. The molecule has 0 saturated heterocycles. The van der Waals surface area contributed by atoms with Crippen LogP contribution in [-0.2, 0) is 4.79 Å². The standard InChI is InChI=1S/C16H20N4O6/c21-8-12(23)14(25)13(24)11(22)7-17-20-16-18-10(15(26)19-16)6-9-4-2-1-3-5-9/h1-7,11-14,21-25H,8H2,(H2,18,19,20,26)/b10-6+,17-7-/t11-,12+,13-,14+/m0/s1. The van der Waals surface area contributed by atoms with Crippen molar-refractivity contribution >= 4 is 24.2 Å². The van der Waals surface area contributed by atoms with Gasteiger partial charge in [-0.25, -0.2) is 10.4 Å². The predicted octanol–water partition coefficient (Wildman–Crippen LogP) is -2.48. The molecule has 1 amide bonds. The fourth-order valence-electron chi connectivity index (χ4n) is 2.03. The Labute approximate surface area is 148 Å². The zero-order chi connectivity index (χ0) is 19.1. The van der Waals surface area contributed by atoms with Crippen LogP contribution >= 0.6 is 0 Å². The van der Waals surface area contributed by atoms with Crippen molar-refractivity contribution in [2.75, 3.05) is 6.61 Å². The first-order chi connectivity index (χ1) is 12.4.